The van der Waals surface area contributed by atoms with E-state index in [1.807, 2.05) is 0 Å². The fraction of sp³-hybridized carbons (Fsp3) is 0.562. The number of fused-ring (bicyclic) bond motifs is 2. The number of benzene rings is 1. The van der Waals surface area contributed by atoms with Gasteiger partial charge in [0.05, 0.1) is 6.04 Å². The molecule has 1 spiro atoms. The quantitative estimate of drug-likeness (QED) is 0.733. The molecule has 0 saturated carbocycles. The molecule has 1 aromatic carbocycles. The number of hydrogen-bond acceptors (Lipinski definition) is 2. The molecule has 0 bridgehead atoms. The summed E-state index contributed by atoms with van der Waals surface area (Å²) in [5.74, 6) is 0. The van der Waals surface area contributed by atoms with Crippen LogP contribution in [0.2, 0.25) is 0 Å². The highest BCUT2D eigenvalue weighted by Crippen LogP contribution is 2.50. The van der Waals surface area contributed by atoms with Crippen molar-refractivity contribution >= 4 is 6.03 Å². The molecule has 1 fully saturated rings. The zero-order valence-electron chi connectivity index (χ0n) is 12.3. The number of piperidine rings is 1. The molecule has 1 aliphatic carbocycles. The van der Waals surface area contributed by atoms with Crippen LogP contribution in [0.4, 0.5) is 4.79 Å². The lowest BCUT2D eigenvalue weighted by Crippen LogP contribution is -2.40. The second-order valence-corrected chi connectivity index (χ2v) is 6.10. The van der Waals surface area contributed by atoms with E-state index in [-0.39, 0.29) is 17.5 Å². The summed E-state index contributed by atoms with van der Waals surface area (Å²) in [6, 6.07) is 6.72. The van der Waals surface area contributed by atoms with E-state index in [0.29, 0.717) is 0 Å². The molecule has 1 aromatic rings. The zero-order chi connectivity index (χ0) is 14.2. The van der Waals surface area contributed by atoms with Crippen molar-refractivity contribution in [2.45, 2.75) is 37.6 Å². The topological polar surface area (TPSA) is 53.2 Å². The summed E-state index contributed by atoms with van der Waals surface area (Å²) in [6.45, 7) is 4.29. The van der Waals surface area contributed by atoms with Crippen molar-refractivity contribution in [2.24, 2.45) is 0 Å². The van der Waals surface area contributed by atoms with Crippen molar-refractivity contribution in [1.82, 2.24) is 16.0 Å². The Balaban J connectivity index is 1.97. The maximum absolute atomic E-state index is 11.7. The first-order valence-electron chi connectivity index (χ1n) is 7.45. The van der Waals surface area contributed by atoms with Gasteiger partial charge in [-0.25, -0.2) is 4.79 Å². The average Bonchev–Trinajstić information content (AvgIpc) is 2.73. The molecule has 0 aromatic heterocycles. The number of carbonyl (C=O) groups excluding carboxylic acids is 1. The van der Waals surface area contributed by atoms with Crippen LogP contribution in [-0.2, 0) is 5.41 Å². The summed E-state index contributed by atoms with van der Waals surface area (Å²) >= 11 is 0. The van der Waals surface area contributed by atoms with Gasteiger partial charge in [0.1, 0.15) is 0 Å². The summed E-state index contributed by atoms with van der Waals surface area (Å²) in [4.78, 5) is 11.7. The van der Waals surface area contributed by atoms with Crippen LogP contribution >= 0.6 is 0 Å². The lowest BCUT2D eigenvalue weighted by atomic mass is 9.74. The van der Waals surface area contributed by atoms with E-state index in [1.54, 1.807) is 7.05 Å². The number of nitrogens with one attached hydrogen (secondary N) is 3. The average molecular weight is 273 g/mol. The smallest absolute Gasteiger partial charge is 0.315 e. The van der Waals surface area contributed by atoms with Gasteiger partial charge in [0.2, 0.25) is 0 Å². The third-order valence-corrected chi connectivity index (χ3v) is 4.84. The first-order chi connectivity index (χ1) is 9.64. The third kappa shape index (κ3) is 2.18. The van der Waals surface area contributed by atoms with Gasteiger partial charge >= 0.3 is 6.03 Å². The minimum atomic E-state index is -0.0903. The third-order valence-electron chi connectivity index (χ3n) is 4.84. The number of carbonyl (C=O) groups is 1. The Labute approximate surface area is 120 Å². The number of amides is 2. The number of rotatable bonds is 1. The normalized spacial score (nSPS) is 23.4. The van der Waals surface area contributed by atoms with E-state index in [4.69, 9.17) is 0 Å². The van der Waals surface area contributed by atoms with Crippen molar-refractivity contribution < 1.29 is 4.79 Å². The van der Waals surface area contributed by atoms with Crippen LogP contribution in [0.25, 0.3) is 0 Å². The van der Waals surface area contributed by atoms with E-state index < -0.39 is 0 Å². The van der Waals surface area contributed by atoms with Gasteiger partial charge in [-0.2, -0.15) is 0 Å². The van der Waals surface area contributed by atoms with E-state index in [1.165, 1.54) is 16.7 Å². The van der Waals surface area contributed by atoms with Crippen LogP contribution in [0.5, 0.6) is 0 Å². The Morgan fingerprint density at radius 1 is 1.35 bits per heavy atom. The second-order valence-electron chi connectivity index (χ2n) is 6.10. The number of aryl methyl sites for hydroxylation is 1. The summed E-state index contributed by atoms with van der Waals surface area (Å²) in [7, 11) is 1.67. The highest BCUT2D eigenvalue weighted by molar-refractivity contribution is 5.74. The molecule has 20 heavy (non-hydrogen) atoms. The minimum absolute atomic E-state index is 0.0903. The highest BCUT2D eigenvalue weighted by atomic mass is 16.2. The number of hydrogen-bond donors (Lipinski definition) is 3. The summed E-state index contributed by atoms with van der Waals surface area (Å²) < 4.78 is 0. The molecule has 3 rings (SSSR count). The molecule has 2 amide bonds. The standard InChI is InChI=1S/C16H23N3O/c1-11-3-4-12-13(9-11)16(5-7-18-8-6-16)10-14(12)19-15(20)17-2/h3-4,9,14,18H,5-8,10H2,1-2H3,(H2,17,19,20). The van der Waals surface area contributed by atoms with Gasteiger partial charge in [0.25, 0.3) is 0 Å². The Bertz CT molecular complexity index is 520. The predicted octanol–water partition coefficient (Wildman–Crippen LogP) is 1.99. The molecule has 0 radical (unpaired) electrons. The summed E-state index contributed by atoms with van der Waals surface area (Å²) in [6.07, 6.45) is 3.35. The van der Waals surface area contributed by atoms with E-state index in [9.17, 15) is 4.79 Å². The SMILES string of the molecule is CNC(=O)NC1CC2(CCNCC2)c2cc(C)ccc21. The molecule has 1 saturated heterocycles. The van der Waals surface area contributed by atoms with E-state index in [2.05, 4.69) is 41.1 Å². The van der Waals surface area contributed by atoms with Gasteiger partial charge in [-0.05, 0) is 50.4 Å². The first-order valence-corrected chi connectivity index (χ1v) is 7.45. The lowest BCUT2D eigenvalue weighted by Gasteiger charge is -2.35. The summed E-state index contributed by atoms with van der Waals surface area (Å²) in [5.41, 5.74) is 4.32. The minimum Gasteiger partial charge on any atom is -0.341 e. The molecule has 4 nitrogen and oxygen atoms in total. The van der Waals surface area contributed by atoms with Gasteiger partial charge < -0.3 is 16.0 Å². The Kier molecular flexibility index (Phi) is 3.42. The van der Waals surface area contributed by atoms with Crippen molar-refractivity contribution in [3.8, 4) is 0 Å². The van der Waals surface area contributed by atoms with Crippen molar-refractivity contribution in [3.05, 3.63) is 34.9 Å². The Hall–Kier alpha value is -1.55. The van der Waals surface area contributed by atoms with Gasteiger partial charge in [-0.3, -0.25) is 0 Å². The second kappa shape index (κ2) is 5.09. The first kappa shape index (κ1) is 13.4. The van der Waals surface area contributed by atoms with Crippen LogP contribution in [0.1, 0.15) is 42.0 Å². The van der Waals surface area contributed by atoms with Crippen LogP contribution in [0, 0.1) is 6.92 Å². The maximum Gasteiger partial charge on any atom is 0.315 e. The monoisotopic (exact) mass is 273 g/mol. The van der Waals surface area contributed by atoms with Crippen molar-refractivity contribution in [2.75, 3.05) is 20.1 Å². The molecular formula is C16H23N3O. The molecule has 1 atom stereocenters. The molecular weight excluding hydrogens is 250 g/mol. The lowest BCUT2D eigenvalue weighted by molar-refractivity contribution is 0.233. The molecule has 2 aliphatic rings. The van der Waals surface area contributed by atoms with Gasteiger partial charge in [0, 0.05) is 12.5 Å². The Morgan fingerprint density at radius 3 is 2.80 bits per heavy atom. The molecule has 4 heteroatoms. The summed E-state index contributed by atoms with van der Waals surface area (Å²) in [5, 5.41) is 9.22. The van der Waals surface area contributed by atoms with Crippen LogP contribution in [-0.4, -0.2) is 26.2 Å². The van der Waals surface area contributed by atoms with Gasteiger partial charge in [-0.15, -0.1) is 0 Å². The molecule has 1 unspecified atom stereocenters. The van der Waals surface area contributed by atoms with Crippen molar-refractivity contribution in [1.29, 1.82) is 0 Å². The fourth-order valence-electron chi connectivity index (χ4n) is 3.78. The predicted molar refractivity (Wildman–Crippen MR) is 79.9 cm³/mol. The number of urea groups is 1. The van der Waals surface area contributed by atoms with Crippen LogP contribution < -0.4 is 16.0 Å². The van der Waals surface area contributed by atoms with Crippen molar-refractivity contribution in [3.63, 3.8) is 0 Å². The van der Waals surface area contributed by atoms with Gasteiger partial charge in [-0.1, -0.05) is 23.8 Å². The zero-order valence-corrected chi connectivity index (χ0v) is 12.3. The molecule has 1 aliphatic heterocycles. The molecule has 3 N–H and O–H groups in total. The largest absolute Gasteiger partial charge is 0.341 e. The van der Waals surface area contributed by atoms with E-state index in [0.717, 1.165) is 32.4 Å². The van der Waals surface area contributed by atoms with E-state index >= 15 is 0 Å². The van der Waals surface area contributed by atoms with Gasteiger partial charge in [0.15, 0.2) is 0 Å². The highest BCUT2D eigenvalue weighted by Gasteiger charge is 2.44. The molecule has 1 heterocycles. The maximum atomic E-state index is 11.7. The fourth-order valence-corrected chi connectivity index (χ4v) is 3.78. The van der Waals surface area contributed by atoms with Crippen LogP contribution in [0.3, 0.4) is 0 Å². The molecule has 108 valence electrons. The Morgan fingerprint density at radius 2 is 2.10 bits per heavy atom. The van der Waals surface area contributed by atoms with Crippen LogP contribution in [0.15, 0.2) is 18.2 Å².